The number of benzene rings is 1. The summed E-state index contributed by atoms with van der Waals surface area (Å²) in [5.41, 5.74) is 0.571. The second-order valence-corrected chi connectivity index (χ2v) is 7.24. The van der Waals surface area contributed by atoms with E-state index in [2.05, 4.69) is 15.9 Å². The van der Waals surface area contributed by atoms with Gasteiger partial charge in [0.2, 0.25) is 0 Å². The van der Waals surface area contributed by atoms with E-state index in [-0.39, 0.29) is 5.91 Å². The number of halogens is 3. The van der Waals surface area contributed by atoms with Gasteiger partial charge in [0, 0.05) is 20.9 Å². The Balaban J connectivity index is 2.22. The van der Waals surface area contributed by atoms with E-state index in [1.807, 2.05) is 19.1 Å². The third-order valence-corrected chi connectivity index (χ3v) is 4.95. The quantitative estimate of drug-likeness (QED) is 0.674. The molecule has 2 aromatic rings. The highest BCUT2D eigenvalue weighted by Gasteiger charge is 2.18. The molecule has 106 valence electrons. The first-order valence-corrected chi connectivity index (χ1v) is 8.36. The molecule has 0 fully saturated rings. The number of amides is 1. The lowest BCUT2D eigenvalue weighted by Crippen LogP contribution is -2.30. The number of hydrogen-bond acceptors (Lipinski definition) is 2. The number of carbonyl (C=O) groups excluding carboxylic acids is 1. The van der Waals surface area contributed by atoms with Gasteiger partial charge in [-0.15, -0.1) is 11.3 Å². The van der Waals surface area contributed by atoms with Crippen molar-refractivity contribution in [2.75, 3.05) is 6.54 Å². The molecule has 1 amide bonds. The summed E-state index contributed by atoms with van der Waals surface area (Å²) in [7, 11) is 0. The van der Waals surface area contributed by atoms with Crippen molar-refractivity contribution in [2.45, 2.75) is 13.5 Å². The van der Waals surface area contributed by atoms with Crippen molar-refractivity contribution in [1.29, 1.82) is 0 Å². The van der Waals surface area contributed by atoms with Gasteiger partial charge in [-0.1, -0.05) is 23.2 Å². The Kier molecular flexibility index (Phi) is 5.49. The van der Waals surface area contributed by atoms with E-state index in [1.54, 1.807) is 23.1 Å². The molecule has 0 saturated carbocycles. The molecule has 0 spiro atoms. The molecule has 0 N–H and O–H groups in total. The summed E-state index contributed by atoms with van der Waals surface area (Å²) >= 11 is 16.8. The van der Waals surface area contributed by atoms with Crippen LogP contribution in [0.1, 0.15) is 22.2 Å². The van der Waals surface area contributed by atoms with Gasteiger partial charge < -0.3 is 4.90 Å². The Morgan fingerprint density at radius 2 is 2.05 bits per heavy atom. The van der Waals surface area contributed by atoms with Crippen LogP contribution in [0.5, 0.6) is 0 Å². The van der Waals surface area contributed by atoms with Gasteiger partial charge in [0.1, 0.15) is 0 Å². The van der Waals surface area contributed by atoms with Crippen molar-refractivity contribution in [2.24, 2.45) is 0 Å². The number of carbonyl (C=O) groups is 1. The Morgan fingerprint density at radius 3 is 2.65 bits per heavy atom. The highest BCUT2D eigenvalue weighted by atomic mass is 79.9. The zero-order valence-electron chi connectivity index (χ0n) is 10.7. The van der Waals surface area contributed by atoms with E-state index in [4.69, 9.17) is 23.2 Å². The molecular weight excluding hydrogens is 381 g/mol. The van der Waals surface area contributed by atoms with Crippen LogP contribution in [-0.2, 0) is 6.54 Å². The first kappa shape index (κ1) is 15.8. The minimum atomic E-state index is -0.0496. The van der Waals surface area contributed by atoms with Crippen molar-refractivity contribution >= 4 is 56.4 Å². The molecule has 20 heavy (non-hydrogen) atoms. The van der Waals surface area contributed by atoms with Crippen LogP contribution in [0.3, 0.4) is 0 Å². The van der Waals surface area contributed by atoms with Gasteiger partial charge in [0.05, 0.1) is 16.4 Å². The van der Waals surface area contributed by atoms with Crippen molar-refractivity contribution < 1.29 is 4.79 Å². The van der Waals surface area contributed by atoms with Gasteiger partial charge in [0.15, 0.2) is 0 Å². The van der Waals surface area contributed by atoms with Crippen LogP contribution in [0.2, 0.25) is 9.36 Å². The van der Waals surface area contributed by atoms with Crippen LogP contribution in [-0.4, -0.2) is 17.4 Å². The van der Waals surface area contributed by atoms with Gasteiger partial charge in [-0.3, -0.25) is 4.79 Å². The highest BCUT2D eigenvalue weighted by molar-refractivity contribution is 9.10. The standard InChI is InChI=1S/C14H12BrCl2NOS/c1-2-18(8-10-4-6-13(17)20-10)14(19)11-7-9(16)3-5-12(11)15/h3-7H,2,8H2,1H3. The van der Waals surface area contributed by atoms with Crippen LogP contribution < -0.4 is 0 Å². The Morgan fingerprint density at radius 1 is 1.30 bits per heavy atom. The maximum absolute atomic E-state index is 12.6. The average Bonchev–Trinajstić information content (AvgIpc) is 2.83. The summed E-state index contributed by atoms with van der Waals surface area (Å²) in [5, 5.41) is 0.548. The lowest BCUT2D eigenvalue weighted by Gasteiger charge is -2.21. The predicted octanol–water partition coefficient (Wildman–Crippen LogP) is 5.48. The van der Waals surface area contributed by atoms with Crippen molar-refractivity contribution in [1.82, 2.24) is 4.90 Å². The maximum atomic E-state index is 12.6. The minimum absolute atomic E-state index is 0.0496. The molecule has 2 nitrogen and oxygen atoms in total. The number of thiophene rings is 1. The van der Waals surface area contributed by atoms with E-state index < -0.39 is 0 Å². The predicted molar refractivity (Wildman–Crippen MR) is 88.9 cm³/mol. The van der Waals surface area contributed by atoms with E-state index in [0.29, 0.717) is 23.7 Å². The normalized spacial score (nSPS) is 10.6. The van der Waals surface area contributed by atoms with Crippen LogP contribution in [0, 0.1) is 0 Å². The fraction of sp³-hybridized carbons (Fsp3) is 0.214. The monoisotopic (exact) mass is 391 g/mol. The molecule has 0 atom stereocenters. The topological polar surface area (TPSA) is 20.3 Å². The molecule has 1 aromatic heterocycles. The second kappa shape index (κ2) is 6.94. The summed E-state index contributed by atoms with van der Waals surface area (Å²) in [6.07, 6.45) is 0. The molecule has 1 aromatic carbocycles. The van der Waals surface area contributed by atoms with E-state index in [0.717, 1.165) is 13.7 Å². The van der Waals surface area contributed by atoms with Gasteiger partial charge in [0.25, 0.3) is 5.91 Å². The SMILES string of the molecule is CCN(Cc1ccc(Cl)s1)C(=O)c1cc(Cl)ccc1Br. The fourth-order valence-corrected chi connectivity index (χ4v) is 3.48. The molecule has 1 heterocycles. The molecule has 0 bridgehead atoms. The third-order valence-electron chi connectivity index (χ3n) is 2.80. The second-order valence-electron chi connectivity index (χ2n) is 4.15. The zero-order chi connectivity index (χ0) is 14.7. The van der Waals surface area contributed by atoms with Crippen molar-refractivity contribution in [3.05, 3.63) is 54.6 Å². The van der Waals surface area contributed by atoms with Gasteiger partial charge in [-0.25, -0.2) is 0 Å². The van der Waals surface area contributed by atoms with Gasteiger partial charge in [-0.2, -0.15) is 0 Å². The summed E-state index contributed by atoms with van der Waals surface area (Å²) < 4.78 is 1.47. The van der Waals surface area contributed by atoms with Crippen LogP contribution in [0.15, 0.2) is 34.8 Å². The first-order chi connectivity index (χ1) is 9.51. The summed E-state index contributed by atoms with van der Waals surface area (Å²) in [6.45, 7) is 3.12. The molecule has 0 saturated heterocycles. The minimum Gasteiger partial charge on any atom is -0.334 e. The van der Waals surface area contributed by atoms with Crippen LogP contribution in [0.25, 0.3) is 0 Å². The number of rotatable bonds is 4. The molecular formula is C14H12BrCl2NOS. The van der Waals surface area contributed by atoms with E-state index in [1.165, 1.54) is 11.3 Å². The van der Waals surface area contributed by atoms with E-state index in [9.17, 15) is 4.79 Å². The molecule has 0 unspecified atom stereocenters. The molecule has 0 radical (unpaired) electrons. The zero-order valence-corrected chi connectivity index (χ0v) is 14.6. The summed E-state index contributed by atoms with van der Waals surface area (Å²) in [5.74, 6) is -0.0496. The average molecular weight is 393 g/mol. The third kappa shape index (κ3) is 3.76. The lowest BCUT2D eigenvalue weighted by molar-refractivity contribution is 0.0753. The largest absolute Gasteiger partial charge is 0.334 e. The van der Waals surface area contributed by atoms with Crippen molar-refractivity contribution in [3.8, 4) is 0 Å². The molecule has 0 aliphatic carbocycles. The maximum Gasteiger partial charge on any atom is 0.255 e. The fourth-order valence-electron chi connectivity index (χ4n) is 1.78. The van der Waals surface area contributed by atoms with Crippen LogP contribution in [0.4, 0.5) is 0 Å². The lowest BCUT2D eigenvalue weighted by atomic mass is 10.2. The molecule has 6 heteroatoms. The van der Waals surface area contributed by atoms with Crippen LogP contribution >= 0.6 is 50.5 Å². The first-order valence-electron chi connectivity index (χ1n) is 5.99. The Hall–Kier alpha value is -0.550. The molecule has 0 aliphatic rings. The smallest absolute Gasteiger partial charge is 0.255 e. The van der Waals surface area contributed by atoms with Gasteiger partial charge >= 0.3 is 0 Å². The highest BCUT2D eigenvalue weighted by Crippen LogP contribution is 2.26. The molecule has 2 rings (SSSR count). The number of hydrogen-bond donors (Lipinski definition) is 0. The number of nitrogens with zero attached hydrogens (tertiary/aromatic N) is 1. The Labute approximate surface area is 140 Å². The van der Waals surface area contributed by atoms with Gasteiger partial charge in [-0.05, 0) is 53.2 Å². The summed E-state index contributed by atoms with van der Waals surface area (Å²) in [6, 6.07) is 8.99. The summed E-state index contributed by atoms with van der Waals surface area (Å²) in [4.78, 5) is 15.4. The Bertz CT molecular complexity index is 629. The molecule has 0 aliphatic heterocycles. The van der Waals surface area contributed by atoms with Crippen molar-refractivity contribution in [3.63, 3.8) is 0 Å². The van der Waals surface area contributed by atoms with E-state index >= 15 is 0 Å².